The van der Waals surface area contributed by atoms with E-state index in [1.807, 2.05) is 13.8 Å². The van der Waals surface area contributed by atoms with Crippen molar-refractivity contribution in [2.45, 2.75) is 41.0 Å². The lowest BCUT2D eigenvalue weighted by molar-refractivity contribution is 0.968. The molecule has 26 heavy (non-hydrogen) atoms. The molecule has 2 heteroatoms. The second-order valence-electron chi connectivity index (χ2n) is 6.06. The highest BCUT2D eigenvalue weighted by atomic mass is 127. The lowest BCUT2D eigenvalue weighted by Crippen LogP contribution is -1.83. The van der Waals surface area contributed by atoms with Crippen LogP contribution in [0.25, 0.3) is 17.0 Å². The molecule has 0 atom stereocenters. The number of nitrogens with zero attached hydrogens (tertiary/aromatic N) is 1. The molecule has 1 aliphatic carbocycles. The minimum absolute atomic E-state index is 1.12. The highest BCUT2D eigenvalue weighted by Gasteiger charge is 2.02. The molecule has 0 radical (unpaired) electrons. The van der Waals surface area contributed by atoms with Crippen LogP contribution in [0.4, 0.5) is 0 Å². The Bertz CT molecular complexity index is 827. The van der Waals surface area contributed by atoms with E-state index in [-0.39, 0.29) is 0 Å². The van der Waals surface area contributed by atoms with Crippen LogP contribution in [0.5, 0.6) is 0 Å². The Morgan fingerprint density at radius 3 is 2.27 bits per heavy atom. The monoisotopic (exact) mass is 461 g/mol. The van der Waals surface area contributed by atoms with Crippen molar-refractivity contribution in [2.24, 2.45) is 7.05 Å². The highest BCUT2D eigenvalue weighted by Crippen LogP contribution is 2.19. The zero-order valence-corrected chi connectivity index (χ0v) is 19.2. The lowest BCUT2D eigenvalue weighted by atomic mass is 10.1. The summed E-state index contributed by atoms with van der Waals surface area (Å²) in [5.74, 6) is 0. The predicted molar refractivity (Wildman–Crippen MR) is 127 cm³/mol. The third-order valence-electron chi connectivity index (χ3n) is 3.98. The Kier molecular flexibility index (Phi) is 10.3. The smallest absolute Gasteiger partial charge is 0.0480 e. The fourth-order valence-electron chi connectivity index (χ4n) is 2.76. The fraction of sp³-hybridized carbons (Fsp3) is 0.333. The second-order valence-corrected chi connectivity index (χ2v) is 7.59. The van der Waals surface area contributed by atoms with E-state index in [2.05, 4.69) is 116 Å². The predicted octanol–water partition coefficient (Wildman–Crippen LogP) is 7.52. The Morgan fingerprint density at radius 1 is 0.962 bits per heavy atom. The maximum absolute atomic E-state index is 2.29. The number of rotatable bonds is 0. The van der Waals surface area contributed by atoms with Crippen LogP contribution in [0.2, 0.25) is 0 Å². The number of fused-ring (bicyclic) bond motifs is 2. The van der Waals surface area contributed by atoms with Crippen molar-refractivity contribution in [1.82, 2.24) is 4.57 Å². The largest absolute Gasteiger partial charge is 0.351 e. The first-order valence-electron chi connectivity index (χ1n) is 9.39. The van der Waals surface area contributed by atoms with Gasteiger partial charge in [0.15, 0.2) is 0 Å². The van der Waals surface area contributed by atoms with E-state index >= 15 is 0 Å². The Hall–Kier alpha value is -1.55. The van der Waals surface area contributed by atoms with Gasteiger partial charge in [0, 0.05) is 18.8 Å². The number of alkyl halides is 1. The zero-order valence-electron chi connectivity index (χ0n) is 17.0. The van der Waals surface area contributed by atoms with Gasteiger partial charge in [0.25, 0.3) is 0 Å². The molecular weight excluding hydrogens is 429 g/mol. The van der Waals surface area contributed by atoms with E-state index in [1.165, 1.54) is 37.6 Å². The highest BCUT2D eigenvalue weighted by molar-refractivity contribution is 14.1. The maximum atomic E-state index is 2.29. The average Bonchev–Trinajstić information content (AvgIpc) is 3.24. The second kappa shape index (κ2) is 11.9. The van der Waals surface area contributed by atoms with Gasteiger partial charge in [-0.2, -0.15) is 0 Å². The van der Waals surface area contributed by atoms with Crippen molar-refractivity contribution in [3.8, 4) is 0 Å². The van der Waals surface area contributed by atoms with E-state index in [9.17, 15) is 0 Å². The van der Waals surface area contributed by atoms with Gasteiger partial charge in [-0.3, -0.25) is 0 Å². The van der Waals surface area contributed by atoms with Crippen LogP contribution in [-0.2, 0) is 13.5 Å². The van der Waals surface area contributed by atoms with Gasteiger partial charge in [0.1, 0.15) is 0 Å². The Labute approximate surface area is 173 Å². The third-order valence-corrected chi connectivity index (χ3v) is 3.98. The van der Waals surface area contributed by atoms with Crippen LogP contribution in [-0.4, -0.2) is 8.99 Å². The normalized spacial score (nSPS) is 10.7. The number of halogens is 1. The van der Waals surface area contributed by atoms with E-state index in [0.717, 1.165) is 6.42 Å². The molecule has 1 heterocycles. The molecule has 0 fully saturated rings. The van der Waals surface area contributed by atoms with E-state index in [1.54, 1.807) is 0 Å². The van der Waals surface area contributed by atoms with E-state index in [4.69, 9.17) is 0 Å². The van der Waals surface area contributed by atoms with Crippen LogP contribution >= 0.6 is 22.6 Å². The summed E-state index contributed by atoms with van der Waals surface area (Å²) in [6, 6.07) is 15.2. The summed E-state index contributed by atoms with van der Waals surface area (Å²) in [5, 5.41) is 1.32. The molecule has 140 valence electrons. The van der Waals surface area contributed by atoms with Crippen LogP contribution in [0, 0.1) is 13.8 Å². The molecule has 2 aromatic carbocycles. The number of hydrogen-bond acceptors (Lipinski definition) is 0. The molecule has 0 spiro atoms. The third kappa shape index (κ3) is 6.64. The van der Waals surface area contributed by atoms with Crippen molar-refractivity contribution >= 4 is 39.6 Å². The minimum atomic E-state index is 1.12. The molecule has 0 amide bonds. The lowest BCUT2D eigenvalue weighted by Gasteiger charge is -1.98. The summed E-state index contributed by atoms with van der Waals surface area (Å²) in [6.45, 7) is 10.4. The summed E-state index contributed by atoms with van der Waals surface area (Å²) in [6.07, 6.45) is 7.61. The number of allylic oxidation sites excluding steroid dienone is 1. The van der Waals surface area contributed by atoms with Gasteiger partial charge in [-0.25, -0.2) is 0 Å². The summed E-state index contributed by atoms with van der Waals surface area (Å²) in [5.41, 5.74) is 6.86. The standard InChI is InChI=1S/C10H11N.C10H10.C2H5I.C2H6/c1-8-3-4-9-5-6-11(2)10(9)7-8;1-8-5-6-9-3-2-4-10(9)7-8;1-2-3;1-2/h3-7H,1-2H3;2-3,5-7H,4H2,1H3;2H2,1H3;1-2H3. The molecule has 0 unspecified atom stereocenters. The number of aromatic nitrogens is 1. The topological polar surface area (TPSA) is 4.93 Å². The molecule has 0 saturated heterocycles. The molecule has 1 nitrogen and oxygen atoms in total. The van der Waals surface area contributed by atoms with Crippen LogP contribution < -0.4 is 0 Å². The molecule has 1 aromatic heterocycles. The van der Waals surface area contributed by atoms with Crippen molar-refractivity contribution in [3.63, 3.8) is 0 Å². The first-order chi connectivity index (χ1) is 12.5. The molecule has 4 rings (SSSR count). The summed E-state index contributed by atoms with van der Waals surface area (Å²) >= 11 is 2.29. The Morgan fingerprint density at radius 2 is 1.58 bits per heavy atom. The van der Waals surface area contributed by atoms with Gasteiger partial charge in [-0.15, -0.1) is 0 Å². The van der Waals surface area contributed by atoms with Crippen LogP contribution in [0.3, 0.4) is 0 Å². The summed E-state index contributed by atoms with van der Waals surface area (Å²) < 4.78 is 3.36. The average molecular weight is 461 g/mol. The van der Waals surface area contributed by atoms with Gasteiger partial charge in [-0.1, -0.05) is 91.4 Å². The zero-order chi connectivity index (χ0) is 19.5. The molecule has 1 aliphatic rings. The maximum Gasteiger partial charge on any atom is 0.0480 e. The van der Waals surface area contributed by atoms with Gasteiger partial charge < -0.3 is 4.57 Å². The number of aryl methyl sites for hydroxylation is 3. The fourth-order valence-corrected chi connectivity index (χ4v) is 2.76. The van der Waals surface area contributed by atoms with Crippen molar-refractivity contribution in [3.05, 3.63) is 77.0 Å². The van der Waals surface area contributed by atoms with Crippen molar-refractivity contribution in [1.29, 1.82) is 0 Å². The molecule has 0 aliphatic heterocycles. The minimum Gasteiger partial charge on any atom is -0.351 e. The number of benzene rings is 2. The van der Waals surface area contributed by atoms with Crippen molar-refractivity contribution < 1.29 is 0 Å². The molecule has 0 saturated carbocycles. The molecule has 0 N–H and O–H groups in total. The molecule has 3 aromatic rings. The van der Waals surface area contributed by atoms with Gasteiger partial charge >= 0.3 is 0 Å². The van der Waals surface area contributed by atoms with Gasteiger partial charge in [0.05, 0.1) is 0 Å². The van der Waals surface area contributed by atoms with Gasteiger partial charge in [0.2, 0.25) is 0 Å². The Balaban J connectivity index is 0.000000210. The molecule has 0 bridgehead atoms. The van der Waals surface area contributed by atoms with Crippen molar-refractivity contribution in [2.75, 3.05) is 4.43 Å². The van der Waals surface area contributed by atoms with Crippen LogP contribution in [0.1, 0.15) is 43.0 Å². The summed E-state index contributed by atoms with van der Waals surface area (Å²) in [4.78, 5) is 0. The SMILES string of the molecule is CC.CCI.Cc1ccc2c(c1)CC=C2.Cc1ccc2ccn(C)c2c1. The van der Waals surface area contributed by atoms with E-state index in [0.29, 0.717) is 0 Å². The quantitative estimate of drug-likeness (QED) is 0.241. The molecular formula is C24H32IN. The first kappa shape index (κ1) is 22.5. The number of hydrogen-bond donors (Lipinski definition) is 0. The summed E-state index contributed by atoms with van der Waals surface area (Å²) in [7, 11) is 2.07. The van der Waals surface area contributed by atoms with E-state index < -0.39 is 0 Å². The van der Waals surface area contributed by atoms with Gasteiger partial charge in [-0.05, 0) is 58.9 Å². The van der Waals surface area contributed by atoms with Crippen LogP contribution in [0.15, 0.2) is 54.7 Å². The first-order valence-corrected chi connectivity index (χ1v) is 10.9.